The molecule has 0 atom stereocenters. The highest BCUT2D eigenvalue weighted by atomic mass is 18.2. The number of nitrogens with zero attached hydrogens (tertiary/aromatic N) is 2. The molecule has 0 aromatic heterocycles. The van der Waals surface area contributed by atoms with E-state index in [9.17, 15) is 9.18 Å². The van der Waals surface area contributed by atoms with Gasteiger partial charge in [0, 0.05) is 38.8 Å². The third kappa shape index (κ3) is 2.32. The van der Waals surface area contributed by atoms with Crippen LogP contribution in [0.3, 0.4) is 0 Å². The zero-order valence-corrected chi connectivity index (χ0v) is 9.32. The van der Waals surface area contributed by atoms with E-state index in [-0.39, 0.29) is 11.7 Å². The van der Waals surface area contributed by atoms with Gasteiger partial charge in [0.15, 0.2) is 0 Å². The molecule has 1 aliphatic heterocycles. The molecule has 1 aromatic carbocycles. The van der Waals surface area contributed by atoms with E-state index in [4.69, 9.17) is 0 Å². The predicted molar refractivity (Wildman–Crippen MR) is 60.9 cm³/mol. The highest BCUT2D eigenvalue weighted by Crippen LogP contribution is 2.16. The molecule has 1 aromatic rings. The molecule has 16 heavy (non-hydrogen) atoms. The lowest BCUT2D eigenvalue weighted by Crippen LogP contribution is -2.48. The fraction of sp³-hybridized carbons (Fsp3) is 0.417. The van der Waals surface area contributed by atoms with Crippen LogP contribution < -0.4 is 4.90 Å². The summed E-state index contributed by atoms with van der Waals surface area (Å²) in [6.07, 6.45) is 0. The van der Waals surface area contributed by atoms with Gasteiger partial charge < -0.3 is 9.80 Å². The van der Waals surface area contributed by atoms with Gasteiger partial charge in [-0.1, -0.05) is 0 Å². The van der Waals surface area contributed by atoms with Crippen LogP contribution in [0.5, 0.6) is 0 Å². The molecule has 1 amide bonds. The average Bonchev–Trinajstić information content (AvgIpc) is 2.30. The zero-order chi connectivity index (χ0) is 11.5. The minimum absolute atomic E-state index is 0.124. The van der Waals surface area contributed by atoms with Gasteiger partial charge in [0.1, 0.15) is 5.82 Å². The van der Waals surface area contributed by atoms with Crippen molar-refractivity contribution in [2.45, 2.75) is 6.92 Å². The van der Waals surface area contributed by atoms with Crippen LogP contribution in [-0.4, -0.2) is 37.0 Å². The lowest BCUT2D eigenvalue weighted by molar-refractivity contribution is -0.129. The van der Waals surface area contributed by atoms with E-state index >= 15 is 0 Å². The van der Waals surface area contributed by atoms with Gasteiger partial charge >= 0.3 is 0 Å². The van der Waals surface area contributed by atoms with Crippen molar-refractivity contribution in [2.75, 3.05) is 31.1 Å². The van der Waals surface area contributed by atoms with Crippen LogP contribution in [0.15, 0.2) is 24.3 Å². The van der Waals surface area contributed by atoms with Crippen LogP contribution in [0.2, 0.25) is 0 Å². The molecule has 0 saturated carbocycles. The summed E-state index contributed by atoms with van der Waals surface area (Å²) in [5, 5.41) is 0. The summed E-state index contributed by atoms with van der Waals surface area (Å²) in [5.74, 6) is -0.0927. The van der Waals surface area contributed by atoms with E-state index in [1.807, 2.05) is 4.90 Å². The maximum atomic E-state index is 12.8. The molecule has 1 fully saturated rings. The van der Waals surface area contributed by atoms with E-state index in [0.29, 0.717) is 0 Å². The molecule has 0 spiro atoms. The second kappa shape index (κ2) is 4.51. The Bertz CT molecular complexity index is 369. The Balaban J connectivity index is 1.99. The summed E-state index contributed by atoms with van der Waals surface area (Å²) in [6.45, 7) is 4.70. The number of amides is 1. The van der Waals surface area contributed by atoms with Crippen molar-refractivity contribution in [3.63, 3.8) is 0 Å². The molecule has 1 saturated heterocycles. The Labute approximate surface area is 94.5 Å². The van der Waals surface area contributed by atoms with Crippen molar-refractivity contribution < 1.29 is 9.18 Å². The van der Waals surface area contributed by atoms with E-state index in [1.54, 1.807) is 19.1 Å². The number of carbonyl (C=O) groups is 1. The Morgan fingerprint density at radius 3 is 2.19 bits per heavy atom. The molecule has 3 nitrogen and oxygen atoms in total. The van der Waals surface area contributed by atoms with Gasteiger partial charge in [-0.25, -0.2) is 4.39 Å². The summed E-state index contributed by atoms with van der Waals surface area (Å²) in [4.78, 5) is 15.1. The summed E-state index contributed by atoms with van der Waals surface area (Å²) in [6, 6.07) is 6.48. The van der Waals surface area contributed by atoms with E-state index in [0.717, 1.165) is 31.9 Å². The number of halogens is 1. The largest absolute Gasteiger partial charge is 0.368 e. The molecule has 0 unspecified atom stereocenters. The first-order valence-corrected chi connectivity index (χ1v) is 5.43. The first-order valence-electron chi connectivity index (χ1n) is 5.43. The fourth-order valence-electron chi connectivity index (χ4n) is 1.93. The summed E-state index contributed by atoms with van der Waals surface area (Å²) in [7, 11) is 0. The van der Waals surface area contributed by atoms with E-state index in [2.05, 4.69) is 4.90 Å². The zero-order valence-electron chi connectivity index (χ0n) is 9.32. The van der Waals surface area contributed by atoms with Gasteiger partial charge in [-0.3, -0.25) is 4.79 Å². The Hall–Kier alpha value is -1.58. The summed E-state index contributed by atoms with van der Waals surface area (Å²) < 4.78 is 12.8. The second-order valence-electron chi connectivity index (χ2n) is 3.97. The second-order valence-corrected chi connectivity index (χ2v) is 3.97. The molecule has 1 aliphatic rings. The monoisotopic (exact) mass is 221 g/mol. The van der Waals surface area contributed by atoms with Gasteiger partial charge in [-0.05, 0) is 24.3 Å². The molecule has 0 N–H and O–H groups in total. The third-order valence-corrected chi connectivity index (χ3v) is 2.92. The topological polar surface area (TPSA) is 23.6 Å². The van der Waals surface area contributed by atoms with Crippen LogP contribution in [0.1, 0.15) is 6.92 Å². The summed E-state index contributed by atoms with van der Waals surface area (Å²) in [5.41, 5.74) is 1.02. The SMILES string of the molecule is CC(=O)N1CCN(c2ccc([18F])cc2)CC1. The number of benzene rings is 1. The van der Waals surface area contributed by atoms with Crippen LogP contribution in [0, 0.1) is 5.82 Å². The van der Waals surface area contributed by atoms with Gasteiger partial charge in [-0.15, -0.1) is 0 Å². The van der Waals surface area contributed by atoms with Crippen molar-refractivity contribution >= 4 is 11.6 Å². The molecule has 0 aliphatic carbocycles. The number of hydrogen-bond acceptors (Lipinski definition) is 2. The molecular formula is C12H15FN2O. The average molecular weight is 221 g/mol. The third-order valence-electron chi connectivity index (χ3n) is 2.92. The predicted octanol–water partition coefficient (Wildman–Crippen LogP) is 1.49. The maximum Gasteiger partial charge on any atom is 0.219 e. The standard InChI is InChI=1S/C12H15FN2O/c1-10(16)14-6-8-15(9-7-14)12-4-2-11(13)3-5-12/h2-5H,6-9H2,1H3/i13-1. The van der Waals surface area contributed by atoms with Crippen LogP contribution in [-0.2, 0) is 4.79 Å². The minimum Gasteiger partial charge on any atom is -0.368 e. The molecular weight excluding hydrogens is 206 g/mol. The highest BCUT2D eigenvalue weighted by Gasteiger charge is 2.18. The van der Waals surface area contributed by atoms with Crippen LogP contribution >= 0.6 is 0 Å². The number of anilines is 1. The number of carbonyl (C=O) groups excluding carboxylic acids is 1. The molecule has 0 bridgehead atoms. The number of piperazine rings is 1. The molecule has 1 heterocycles. The van der Waals surface area contributed by atoms with Gasteiger partial charge in [0.25, 0.3) is 0 Å². The van der Waals surface area contributed by atoms with Gasteiger partial charge in [0.05, 0.1) is 0 Å². The Morgan fingerprint density at radius 2 is 1.69 bits per heavy atom. The summed E-state index contributed by atoms with van der Waals surface area (Å²) >= 11 is 0. The van der Waals surface area contributed by atoms with Crippen molar-refractivity contribution in [1.82, 2.24) is 4.90 Å². The fourth-order valence-corrected chi connectivity index (χ4v) is 1.93. The smallest absolute Gasteiger partial charge is 0.219 e. The lowest BCUT2D eigenvalue weighted by Gasteiger charge is -2.35. The number of rotatable bonds is 1. The number of hydrogen-bond donors (Lipinski definition) is 0. The first-order chi connectivity index (χ1) is 7.66. The normalized spacial score (nSPS) is 16.4. The Kier molecular flexibility index (Phi) is 3.08. The Morgan fingerprint density at radius 1 is 1.12 bits per heavy atom. The van der Waals surface area contributed by atoms with Crippen LogP contribution in [0.25, 0.3) is 0 Å². The molecule has 0 radical (unpaired) electrons. The van der Waals surface area contributed by atoms with Crippen molar-refractivity contribution in [1.29, 1.82) is 0 Å². The molecule has 2 rings (SSSR count). The molecule has 86 valence electrons. The van der Waals surface area contributed by atoms with Crippen LogP contribution in [0.4, 0.5) is 10.1 Å². The molecule has 4 heteroatoms. The first kappa shape index (κ1) is 10.9. The quantitative estimate of drug-likeness (QED) is 0.717. The van der Waals surface area contributed by atoms with E-state index in [1.165, 1.54) is 12.1 Å². The van der Waals surface area contributed by atoms with E-state index < -0.39 is 0 Å². The van der Waals surface area contributed by atoms with Crippen molar-refractivity contribution in [3.8, 4) is 0 Å². The van der Waals surface area contributed by atoms with Crippen molar-refractivity contribution in [2.24, 2.45) is 0 Å². The van der Waals surface area contributed by atoms with Crippen molar-refractivity contribution in [3.05, 3.63) is 30.1 Å². The van der Waals surface area contributed by atoms with Gasteiger partial charge in [-0.2, -0.15) is 0 Å². The van der Waals surface area contributed by atoms with Gasteiger partial charge in [0.2, 0.25) is 5.91 Å². The minimum atomic E-state index is -0.217. The lowest BCUT2D eigenvalue weighted by atomic mass is 10.2. The highest BCUT2D eigenvalue weighted by molar-refractivity contribution is 5.73. The maximum absolute atomic E-state index is 12.8.